The molecule has 2 aromatic rings. The standard InChI is InChI=1S/C17H21NO/c1-11(2)15-7-6-14(10-13(15)4)19-17-8-5-12(3)9-16(17)18/h5-11H,18H2,1-4H3. The van der Waals surface area contributed by atoms with E-state index in [1.54, 1.807) is 0 Å². The van der Waals surface area contributed by atoms with Crippen LogP contribution in [0, 0.1) is 13.8 Å². The fourth-order valence-electron chi connectivity index (χ4n) is 2.25. The number of rotatable bonds is 3. The van der Waals surface area contributed by atoms with Gasteiger partial charge in [-0.3, -0.25) is 0 Å². The molecule has 2 N–H and O–H groups in total. The Balaban J connectivity index is 2.26. The van der Waals surface area contributed by atoms with Crippen molar-refractivity contribution in [2.24, 2.45) is 0 Å². The van der Waals surface area contributed by atoms with Gasteiger partial charge in [0, 0.05) is 0 Å². The molecular formula is C17H21NO. The lowest BCUT2D eigenvalue weighted by Crippen LogP contribution is -1.95. The highest BCUT2D eigenvalue weighted by Crippen LogP contribution is 2.30. The van der Waals surface area contributed by atoms with Crippen LogP contribution in [0.2, 0.25) is 0 Å². The number of nitrogens with two attached hydrogens (primary N) is 1. The first kappa shape index (κ1) is 13.5. The third-order valence-electron chi connectivity index (χ3n) is 3.26. The van der Waals surface area contributed by atoms with E-state index >= 15 is 0 Å². The molecule has 2 rings (SSSR count). The Kier molecular flexibility index (Phi) is 3.79. The number of hydrogen-bond donors (Lipinski definition) is 1. The Morgan fingerprint density at radius 1 is 1.00 bits per heavy atom. The normalized spacial score (nSPS) is 10.8. The second-order valence-electron chi connectivity index (χ2n) is 5.32. The average molecular weight is 255 g/mol. The first-order chi connectivity index (χ1) is 8.97. The van der Waals surface area contributed by atoms with E-state index in [0.29, 0.717) is 17.4 Å². The van der Waals surface area contributed by atoms with Crippen molar-refractivity contribution in [1.82, 2.24) is 0 Å². The van der Waals surface area contributed by atoms with Crippen LogP contribution < -0.4 is 10.5 Å². The lowest BCUT2D eigenvalue weighted by atomic mass is 9.98. The van der Waals surface area contributed by atoms with Crippen molar-refractivity contribution in [3.63, 3.8) is 0 Å². The van der Waals surface area contributed by atoms with Gasteiger partial charge in [-0.2, -0.15) is 0 Å². The highest BCUT2D eigenvalue weighted by Gasteiger charge is 2.07. The maximum absolute atomic E-state index is 5.96. The molecule has 0 aromatic heterocycles. The predicted octanol–water partition coefficient (Wildman–Crippen LogP) is 4.80. The fourth-order valence-corrected chi connectivity index (χ4v) is 2.25. The molecular weight excluding hydrogens is 234 g/mol. The van der Waals surface area contributed by atoms with E-state index in [0.717, 1.165) is 11.3 Å². The largest absolute Gasteiger partial charge is 0.455 e. The second kappa shape index (κ2) is 5.35. The number of anilines is 1. The first-order valence-corrected chi connectivity index (χ1v) is 6.62. The number of hydrogen-bond acceptors (Lipinski definition) is 2. The van der Waals surface area contributed by atoms with Crippen LogP contribution in [0.25, 0.3) is 0 Å². The molecule has 2 heteroatoms. The molecule has 100 valence electrons. The third kappa shape index (κ3) is 3.08. The molecule has 19 heavy (non-hydrogen) atoms. The van der Waals surface area contributed by atoms with E-state index in [1.807, 2.05) is 31.2 Å². The summed E-state index contributed by atoms with van der Waals surface area (Å²) < 4.78 is 5.85. The Bertz CT molecular complexity index is 588. The molecule has 0 heterocycles. The van der Waals surface area contributed by atoms with Crippen LogP contribution in [0.4, 0.5) is 5.69 Å². The first-order valence-electron chi connectivity index (χ1n) is 6.62. The van der Waals surface area contributed by atoms with E-state index in [9.17, 15) is 0 Å². The summed E-state index contributed by atoms with van der Waals surface area (Å²) >= 11 is 0. The van der Waals surface area contributed by atoms with Gasteiger partial charge in [0.25, 0.3) is 0 Å². The molecule has 0 saturated heterocycles. The maximum atomic E-state index is 5.96. The molecule has 0 saturated carbocycles. The van der Waals surface area contributed by atoms with Crippen LogP contribution in [-0.4, -0.2) is 0 Å². The molecule has 0 aliphatic rings. The molecule has 0 spiro atoms. The Hall–Kier alpha value is -1.96. The van der Waals surface area contributed by atoms with Gasteiger partial charge >= 0.3 is 0 Å². The van der Waals surface area contributed by atoms with Crippen LogP contribution in [0.5, 0.6) is 11.5 Å². The lowest BCUT2D eigenvalue weighted by Gasteiger charge is -2.13. The summed E-state index contributed by atoms with van der Waals surface area (Å²) in [6, 6.07) is 12.0. The molecule has 0 amide bonds. The summed E-state index contributed by atoms with van der Waals surface area (Å²) in [7, 11) is 0. The van der Waals surface area contributed by atoms with Crippen LogP contribution >= 0.6 is 0 Å². The molecule has 2 nitrogen and oxygen atoms in total. The van der Waals surface area contributed by atoms with Crippen LogP contribution in [0.1, 0.15) is 36.5 Å². The van der Waals surface area contributed by atoms with E-state index in [1.165, 1.54) is 11.1 Å². The fraction of sp³-hybridized carbons (Fsp3) is 0.294. The monoisotopic (exact) mass is 255 g/mol. The van der Waals surface area contributed by atoms with Crippen LogP contribution in [-0.2, 0) is 0 Å². The summed E-state index contributed by atoms with van der Waals surface area (Å²) in [5.41, 5.74) is 10.4. The minimum Gasteiger partial charge on any atom is -0.455 e. The number of aryl methyl sites for hydroxylation is 2. The van der Waals surface area contributed by atoms with Gasteiger partial charge in [0.05, 0.1) is 5.69 Å². The summed E-state index contributed by atoms with van der Waals surface area (Å²) in [4.78, 5) is 0. The van der Waals surface area contributed by atoms with Gasteiger partial charge in [0.2, 0.25) is 0 Å². The van der Waals surface area contributed by atoms with Crippen molar-refractivity contribution >= 4 is 5.69 Å². The Labute approximate surface area is 115 Å². The van der Waals surface area contributed by atoms with Crippen LogP contribution in [0.3, 0.4) is 0 Å². The smallest absolute Gasteiger partial charge is 0.150 e. The SMILES string of the molecule is Cc1ccc(Oc2ccc(C(C)C)c(C)c2)c(N)c1. The third-order valence-corrected chi connectivity index (χ3v) is 3.26. The highest BCUT2D eigenvalue weighted by atomic mass is 16.5. The minimum atomic E-state index is 0.526. The van der Waals surface area contributed by atoms with Crippen molar-refractivity contribution in [2.75, 3.05) is 5.73 Å². The molecule has 0 fully saturated rings. The van der Waals surface area contributed by atoms with Crippen molar-refractivity contribution in [3.8, 4) is 11.5 Å². The minimum absolute atomic E-state index is 0.526. The topological polar surface area (TPSA) is 35.2 Å². The van der Waals surface area contributed by atoms with Gasteiger partial charge in [0.15, 0.2) is 0 Å². The summed E-state index contributed by atoms with van der Waals surface area (Å²) in [5, 5.41) is 0. The zero-order valence-corrected chi connectivity index (χ0v) is 12.0. The summed E-state index contributed by atoms with van der Waals surface area (Å²) in [6.45, 7) is 8.52. The molecule has 0 unspecified atom stereocenters. The van der Waals surface area contributed by atoms with Gasteiger partial charge in [0.1, 0.15) is 11.5 Å². The van der Waals surface area contributed by atoms with Crippen molar-refractivity contribution in [3.05, 3.63) is 53.1 Å². The number of ether oxygens (including phenoxy) is 1. The Morgan fingerprint density at radius 3 is 2.32 bits per heavy atom. The Morgan fingerprint density at radius 2 is 1.74 bits per heavy atom. The average Bonchev–Trinajstić information content (AvgIpc) is 2.32. The molecule has 0 radical (unpaired) electrons. The lowest BCUT2D eigenvalue weighted by molar-refractivity contribution is 0.484. The van der Waals surface area contributed by atoms with Gasteiger partial charge in [-0.1, -0.05) is 26.0 Å². The van der Waals surface area contributed by atoms with Crippen molar-refractivity contribution < 1.29 is 4.74 Å². The number of nitrogen functional groups attached to an aromatic ring is 1. The highest BCUT2D eigenvalue weighted by molar-refractivity contribution is 5.55. The number of benzene rings is 2. The van der Waals surface area contributed by atoms with E-state index in [-0.39, 0.29) is 0 Å². The molecule has 0 atom stereocenters. The summed E-state index contributed by atoms with van der Waals surface area (Å²) in [5.74, 6) is 2.07. The van der Waals surface area contributed by atoms with Crippen molar-refractivity contribution in [2.45, 2.75) is 33.6 Å². The quantitative estimate of drug-likeness (QED) is 0.799. The summed E-state index contributed by atoms with van der Waals surface area (Å²) in [6.07, 6.45) is 0. The van der Waals surface area contributed by atoms with Gasteiger partial charge in [-0.05, 0) is 60.7 Å². The van der Waals surface area contributed by atoms with Crippen molar-refractivity contribution in [1.29, 1.82) is 0 Å². The molecule has 0 bridgehead atoms. The zero-order chi connectivity index (χ0) is 14.0. The van der Waals surface area contributed by atoms with Crippen LogP contribution in [0.15, 0.2) is 36.4 Å². The molecule has 0 aliphatic carbocycles. The van der Waals surface area contributed by atoms with E-state index in [2.05, 4.69) is 32.9 Å². The zero-order valence-electron chi connectivity index (χ0n) is 12.0. The maximum Gasteiger partial charge on any atom is 0.150 e. The van der Waals surface area contributed by atoms with E-state index in [4.69, 9.17) is 10.5 Å². The van der Waals surface area contributed by atoms with Gasteiger partial charge in [-0.15, -0.1) is 0 Å². The van der Waals surface area contributed by atoms with Gasteiger partial charge in [-0.25, -0.2) is 0 Å². The molecule has 2 aromatic carbocycles. The van der Waals surface area contributed by atoms with Gasteiger partial charge < -0.3 is 10.5 Å². The molecule has 0 aliphatic heterocycles. The second-order valence-corrected chi connectivity index (χ2v) is 5.32. The van der Waals surface area contributed by atoms with E-state index < -0.39 is 0 Å². The predicted molar refractivity (Wildman–Crippen MR) is 80.9 cm³/mol.